The normalized spacial score (nSPS) is 11.6. The lowest BCUT2D eigenvalue weighted by molar-refractivity contribution is -0.156. The second kappa shape index (κ2) is 11.9. The Labute approximate surface area is 233 Å². The minimum Gasteiger partial charge on any atom is -0.443 e. The summed E-state index contributed by atoms with van der Waals surface area (Å²) in [6.07, 6.45) is 8.53. The van der Waals surface area contributed by atoms with Gasteiger partial charge in [0, 0.05) is 53.4 Å². The topological polar surface area (TPSA) is 113 Å². The fraction of sp³-hybridized carbons (Fsp3) is 0.258. The molecule has 0 fully saturated rings. The molecule has 40 heavy (non-hydrogen) atoms. The largest absolute Gasteiger partial charge is 0.443 e. The lowest BCUT2D eigenvalue weighted by atomic mass is 9.98. The van der Waals surface area contributed by atoms with Gasteiger partial charge in [-0.1, -0.05) is 18.2 Å². The smallest absolute Gasteiger partial charge is 0.312 e. The Balaban J connectivity index is 1.71. The van der Waals surface area contributed by atoms with E-state index >= 15 is 0 Å². The molecule has 1 aromatic carbocycles. The molecule has 204 valence electrons. The maximum atomic E-state index is 12.4. The molecule has 0 spiro atoms. The Morgan fingerprint density at radius 2 is 1.90 bits per heavy atom. The van der Waals surface area contributed by atoms with Crippen molar-refractivity contribution in [3.63, 3.8) is 0 Å². The lowest BCUT2D eigenvalue weighted by Gasteiger charge is -2.17. The van der Waals surface area contributed by atoms with Gasteiger partial charge < -0.3 is 15.0 Å². The van der Waals surface area contributed by atoms with Gasteiger partial charge in [-0.25, -0.2) is 9.97 Å². The van der Waals surface area contributed by atoms with E-state index < -0.39 is 5.41 Å². The summed E-state index contributed by atoms with van der Waals surface area (Å²) in [7, 11) is 3.87. The highest BCUT2D eigenvalue weighted by molar-refractivity contribution is 6.00. The summed E-state index contributed by atoms with van der Waals surface area (Å²) in [6.45, 7) is 6.07. The lowest BCUT2D eigenvalue weighted by Crippen LogP contribution is -2.23. The number of rotatable bonds is 8. The first-order valence-electron chi connectivity index (χ1n) is 12.8. The van der Waals surface area contributed by atoms with Crippen LogP contribution in [0, 0.1) is 16.7 Å². The number of nitriles is 1. The van der Waals surface area contributed by atoms with E-state index in [1.165, 1.54) is 6.08 Å². The number of aromatic nitrogens is 3. The zero-order valence-electron chi connectivity index (χ0n) is 23.3. The SMILES string of the molecule is CN(C)C/C=C/C(=O)Nc1cccc(-c2cnc3c(c2)c(-c2ccnc(C#N)c2)cn3COC(=O)C(C)(C)C)c1. The number of esters is 1. The third kappa shape index (κ3) is 6.79. The molecule has 4 aromatic rings. The van der Waals surface area contributed by atoms with Crippen LogP contribution in [0.3, 0.4) is 0 Å². The van der Waals surface area contributed by atoms with E-state index in [0.29, 0.717) is 23.6 Å². The van der Waals surface area contributed by atoms with Gasteiger partial charge in [0.05, 0.1) is 5.41 Å². The molecule has 9 nitrogen and oxygen atoms in total. The van der Waals surface area contributed by atoms with Crippen molar-refractivity contribution in [1.29, 1.82) is 5.26 Å². The first-order valence-corrected chi connectivity index (χ1v) is 12.8. The van der Waals surface area contributed by atoms with Crippen molar-refractivity contribution in [1.82, 2.24) is 19.4 Å². The molecule has 4 rings (SSSR count). The molecule has 0 saturated carbocycles. The van der Waals surface area contributed by atoms with Crippen molar-refractivity contribution in [2.45, 2.75) is 27.5 Å². The molecular formula is C31H32N6O3. The quantitative estimate of drug-likeness (QED) is 0.242. The first kappa shape index (κ1) is 28.2. The molecule has 0 aliphatic rings. The second-order valence-electron chi connectivity index (χ2n) is 10.7. The van der Waals surface area contributed by atoms with Crippen LogP contribution in [0.4, 0.5) is 5.69 Å². The standard InChI is InChI=1S/C31H32N6O3/c1-31(2,3)30(39)40-20-37-19-27(22-11-12-33-25(15-22)17-32)26-16-23(18-34-29(26)37)21-8-6-9-24(14-21)35-28(38)10-7-13-36(4)5/h6-12,14-16,18-19H,13,20H2,1-5H3,(H,35,38)/b10-7+. The van der Waals surface area contributed by atoms with Crippen LogP contribution < -0.4 is 5.32 Å². The van der Waals surface area contributed by atoms with E-state index in [1.807, 2.05) is 61.6 Å². The molecule has 0 aliphatic carbocycles. The van der Waals surface area contributed by atoms with Gasteiger partial charge >= 0.3 is 5.97 Å². The number of hydrogen-bond donors (Lipinski definition) is 1. The average Bonchev–Trinajstić information content (AvgIpc) is 3.29. The predicted octanol–water partition coefficient (Wildman–Crippen LogP) is 5.24. The fourth-order valence-corrected chi connectivity index (χ4v) is 3.99. The van der Waals surface area contributed by atoms with Crippen molar-refractivity contribution >= 4 is 28.6 Å². The monoisotopic (exact) mass is 536 g/mol. The molecular weight excluding hydrogens is 504 g/mol. The van der Waals surface area contributed by atoms with E-state index in [9.17, 15) is 14.9 Å². The summed E-state index contributed by atoms with van der Waals surface area (Å²) in [4.78, 5) is 35.6. The van der Waals surface area contributed by atoms with Gasteiger partial charge in [0.25, 0.3) is 0 Å². The molecule has 3 heterocycles. The number of hydrogen-bond acceptors (Lipinski definition) is 7. The zero-order valence-corrected chi connectivity index (χ0v) is 23.3. The van der Waals surface area contributed by atoms with Gasteiger partial charge in [-0.2, -0.15) is 5.26 Å². The Morgan fingerprint density at radius 3 is 2.62 bits per heavy atom. The maximum absolute atomic E-state index is 12.4. The number of carbonyl (C=O) groups excluding carboxylic acids is 2. The minimum atomic E-state index is -0.637. The van der Waals surface area contributed by atoms with Gasteiger partial charge in [0.1, 0.15) is 17.4 Å². The van der Waals surface area contributed by atoms with E-state index in [1.54, 1.807) is 49.9 Å². The van der Waals surface area contributed by atoms with Crippen LogP contribution in [0.25, 0.3) is 33.3 Å². The minimum absolute atomic E-state index is 0.00199. The van der Waals surface area contributed by atoms with Crippen LogP contribution in [-0.2, 0) is 21.1 Å². The van der Waals surface area contributed by atoms with E-state index in [2.05, 4.69) is 16.4 Å². The van der Waals surface area contributed by atoms with Gasteiger partial charge in [-0.3, -0.25) is 14.2 Å². The Bertz CT molecular complexity index is 1620. The highest BCUT2D eigenvalue weighted by atomic mass is 16.5. The maximum Gasteiger partial charge on any atom is 0.312 e. The van der Waals surface area contributed by atoms with E-state index in [4.69, 9.17) is 9.72 Å². The molecule has 1 amide bonds. The highest BCUT2D eigenvalue weighted by Gasteiger charge is 2.23. The van der Waals surface area contributed by atoms with Gasteiger partial charge in [-0.15, -0.1) is 0 Å². The molecule has 1 N–H and O–H groups in total. The Kier molecular flexibility index (Phi) is 8.41. The summed E-state index contributed by atoms with van der Waals surface area (Å²) < 4.78 is 7.35. The van der Waals surface area contributed by atoms with E-state index in [-0.39, 0.29) is 18.6 Å². The summed E-state index contributed by atoms with van der Waals surface area (Å²) in [5.74, 6) is -0.527. The summed E-state index contributed by atoms with van der Waals surface area (Å²) >= 11 is 0. The number of fused-ring (bicyclic) bond motifs is 1. The van der Waals surface area contributed by atoms with Crippen molar-refractivity contribution in [2.24, 2.45) is 5.41 Å². The van der Waals surface area contributed by atoms with Crippen molar-refractivity contribution < 1.29 is 14.3 Å². The third-order valence-corrected chi connectivity index (χ3v) is 6.05. The summed E-state index contributed by atoms with van der Waals surface area (Å²) in [5, 5.41) is 13.1. The highest BCUT2D eigenvalue weighted by Crippen LogP contribution is 2.33. The van der Waals surface area contributed by atoms with Gasteiger partial charge in [-0.05, 0) is 76.3 Å². The van der Waals surface area contributed by atoms with Crippen molar-refractivity contribution in [3.8, 4) is 28.3 Å². The number of ether oxygens (including phenoxy) is 1. The molecule has 0 saturated heterocycles. The van der Waals surface area contributed by atoms with Crippen LogP contribution in [0.15, 0.2) is 73.2 Å². The number of anilines is 1. The van der Waals surface area contributed by atoms with Crippen LogP contribution in [0.5, 0.6) is 0 Å². The molecule has 0 radical (unpaired) electrons. The number of benzene rings is 1. The second-order valence-corrected chi connectivity index (χ2v) is 10.7. The van der Waals surface area contributed by atoms with Gasteiger partial charge in [0.2, 0.25) is 5.91 Å². The van der Waals surface area contributed by atoms with Crippen molar-refractivity contribution in [2.75, 3.05) is 26.0 Å². The zero-order chi connectivity index (χ0) is 28.9. The number of pyridine rings is 2. The molecule has 0 atom stereocenters. The number of likely N-dealkylation sites (N-methyl/N-ethyl adjacent to an activating group) is 1. The molecule has 9 heteroatoms. The predicted molar refractivity (Wildman–Crippen MR) is 155 cm³/mol. The first-order chi connectivity index (χ1) is 19.0. The molecule has 0 bridgehead atoms. The van der Waals surface area contributed by atoms with Crippen LogP contribution >= 0.6 is 0 Å². The van der Waals surface area contributed by atoms with Crippen LogP contribution in [0.1, 0.15) is 26.5 Å². The van der Waals surface area contributed by atoms with E-state index in [0.717, 1.165) is 27.6 Å². The number of carbonyl (C=O) groups is 2. The van der Waals surface area contributed by atoms with Crippen molar-refractivity contribution in [3.05, 3.63) is 78.9 Å². The molecule has 0 aliphatic heterocycles. The van der Waals surface area contributed by atoms with Gasteiger partial charge in [0.15, 0.2) is 6.73 Å². The van der Waals surface area contributed by atoms with Crippen LogP contribution in [-0.4, -0.2) is 52.0 Å². The third-order valence-electron chi connectivity index (χ3n) is 6.05. The fourth-order valence-electron chi connectivity index (χ4n) is 3.99. The van der Waals surface area contributed by atoms with Crippen LogP contribution in [0.2, 0.25) is 0 Å². The number of nitrogens with zero attached hydrogens (tertiary/aromatic N) is 5. The Hall–Kier alpha value is -4.81. The molecule has 0 unspecified atom stereocenters. The number of nitrogens with one attached hydrogen (secondary N) is 1. The summed E-state index contributed by atoms with van der Waals surface area (Å²) in [5.41, 5.74) is 4.28. The average molecular weight is 537 g/mol. The summed E-state index contributed by atoms with van der Waals surface area (Å²) in [6, 6.07) is 15.2. The molecule has 3 aromatic heterocycles. The Morgan fingerprint density at radius 1 is 1.10 bits per heavy atom. The number of amides is 1.